The van der Waals surface area contributed by atoms with Crippen LogP contribution in [0, 0.1) is 0 Å². The molecule has 2 aromatic rings. The van der Waals surface area contributed by atoms with E-state index in [-0.39, 0.29) is 46.5 Å². The van der Waals surface area contributed by atoms with Gasteiger partial charge in [0.05, 0.1) is 19.6 Å². The van der Waals surface area contributed by atoms with Crippen LogP contribution in [-0.4, -0.2) is 69.1 Å². The van der Waals surface area contributed by atoms with Gasteiger partial charge in [0, 0.05) is 12.1 Å². The molecule has 1 fully saturated rings. The zero-order valence-electron chi connectivity index (χ0n) is 17.3. The van der Waals surface area contributed by atoms with Crippen LogP contribution in [0.25, 0.3) is 0 Å². The number of aliphatic hydroxyl groups excluding tert-OH is 3. The minimum absolute atomic E-state index is 0.0425. The highest BCUT2D eigenvalue weighted by Crippen LogP contribution is 2.44. The van der Waals surface area contributed by atoms with Crippen LogP contribution in [0.4, 0.5) is 0 Å². The van der Waals surface area contributed by atoms with Crippen molar-refractivity contribution in [3.63, 3.8) is 0 Å². The third kappa shape index (κ3) is 3.93. The van der Waals surface area contributed by atoms with E-state index in [0.29, 0.717) is 5.56 Å². The molecule has 4 rings (SSSR count). The van der Waals surface area contributed by atoms with E-state index >= 15 is 0 Å². The number of carbonyl (C=O) groups is 1. The van der Waals surface area contributed by atoms with Crippen molar-refractivity contribution < 1.29 is 49.3 Å². The zero-order valence-corrected chi connectivity index (χ0v) is 17.3. The van der Waals surface area contributed by atoms with Gasteiger partial charge in [-0.25, -0.2) is 0 Å². The Labute approximate surface area is 183 Å². The Balaban J connectivity index is 1.63. The number of aromatic hydroxyl groups is 2. The summed E-state index contributed by atoms with van der Waals surface area (Å²) in [6.07, 6.45) is -7.45. The van der Waals surface area contributed by atoms with Gasteiger partial charge in [-0.3, -0.25) is 4.79 Å². The fourth-order valence-electron chi connectivity index (χ4n) is 3.83. The molecule has 32 heavy (non-hydrogen) atoms. The Morgan fingerprint density at radius 2 is 1.75 bits per heavy atom. The average Bonchev–Trinajstić information content (AvgIpc) is 2.75. The molecule has 0 aliphatic carbocycles. The summed E-state index contributed by atoms with van der Waals surface area (Å²) < 4.78 is 22.0. The molecule has 0 radical (unpaired) electrons. The van der Waals surface area contributed by atoms with Crippen molar-refractivity contribution in [3.05, 3.63) is 41.5 Å². The van der Waals surface area contributed by atoms with Crippen molar-refractivity contribution in [1.82, 2.24) is 0 Å². The second-order valence-electron chi connectivity index (χ2n) is 7.78. The number of rotatable bonds is 4. The highest BCUT2D eigenvalue weighted by Gasteiger charge is 2.44. The molecule has 4 unspecified atom stereocenters. The number of phenols is 2. The van der Waals surface area contributed by atoms with Crippen molar-refractivity contribution in [2.75, 3.05) is 7.11 Å². The number of Topliss-reactive ketones (excluding diaryl/α,β-unsaturated/α-hetero) is 1. The van der Waals surface area contributed by atoms with Gasteiger partial charge in [0.1, 0.15) is 47.2 Å². The van der Waals surface area contributed by atoms with Crippen molar-refractivity contribution in [1.29, 1.82) is 0 Å². The molecule has 0 saturated carbocycles. The van der Waals surface area contributed by atoms with Crippen LogP contribution in [0.5, 0.6) is 28.7 Å². The normalized spacial score (nSPS) is 29.7. The topological polar surface area (TPSA) is 155 Å². The lowest BCUT2D eigenvalue weighted by Gasteiger charge is -2.39. The van der Waals surface area contributed by atoms with E-state index in [9.17, 15) is 30.3 Å². The van der Waals surface area contributed by atoms with Crippen molar-refractivity contribution in [2.24, 2.45) is 0 Å². The molecule has 0 amide bonds. The first-order valence-electron chi connectivity index (χ1n) is 9.99. The minimum atomic E-state index is -1.59. The average molecular weight is 448 g/mol. The number of hydrogen-bond acceptors (Lipinski definition) is 10. The Morgan fingerprint density at radius 3 is 2.44 bits per heavy atom. The third-order valence-corrected chi connectivity index (χ3v) is 5.60. The van der Waals surface area contributed by atoms with Gasteiger partial charge in [-0.15, -0.1) is 0 Å². The second kappa shape index (κ2) is 8.47. The maximum Gasteiger partial charge on any atom is 0.229 e. The molecule has 1 saturated heterocycles. The molecular formula is C22H24O10. The first kappa shape index (κ1) is 22.2. The molecule has 2 aromatic carbocycles. The van der Waals surface area contributed by atoms with Gasteiger partial charge in [-0.1, -0.05) is 6.07 Å². The summed E-state index contributed by atoms with van der Waals surface area (Å²) >= 11 is 0. The van der Waals surface area contributed by atoms with Crippen LogP contribution < -0.4 is 14.2 Å². The molecule has 10 nitrogen and oxygen atoms in total. The molecular weight excluding hydrogens is 424 g/mol. The first-order valence-corrected chi connectivity index (χ1v) is 9.99. The molecule has 10 heteroatoms. The minimum Gasteiger partial charge on any atom is -0.508 e. The van der Waals surface area contributed by atoms with Crippen LogP contribution in [0.3, 0.4) is 0 Å². The van der Waals surface area contributed by atoms with E-state index in [1.165, 1.54) is 32.2 Å². The predicted molar refractivity (Wildman–Crippen MR) is 108 cm³/mol. The Kier molecular flexibility index (Phi) is 5.87. The van der Waals surface area contributed by atoms with Gasteiger partial charge in [0.25, 0.3) is 0 Å². The van der Waals surface area contributed by atoms with Gasteiger partial charge < -0.3 is 44.5 Å². The highest BCUT2D eigenvalue weighted by atomic mass is 16.7. The quantitative estimate of drug-likeness (QED) is 0.458. The van der Waals surface area contributed by atoms with Gasteiger partial charge in [0.15, 0.2) is 17.3 Å². The Hall–Kier alpha value is -3.05. The number of aliphatic hydroxyl groups is 3. The molecule has 0 aromatic heterocycles. The highest BCUT2D eigenvalue weighted by molar-refractivity contribution is 6.02. The van der Waals surface area contributed by atoms with E-state index < -0.39 is 36.8 Å². The van der Waals surface area contributed by atoms with Crippen molar-refractivity contribution >= 4 is 5.78 Å². The summed E-state index contributed by atoms with van der Waals surface area (Å²) in [4.78, 5) is 13.0. The maximum absolute atomic E-state index is 13.0. The number of methoxy groups -OCH3 is 1. The smallest absolute Gasteiger partial charge is 0.229 e. The summed E-state index contributed by atoms with van der Waals surface area (Å²) in [6, 6.07) is 7.07. The van der Waals surface area contributed by atoms with Crippen LogP contribution in [0.15, 0.2) is 30.3 Å². The molecule has 2 aliphatic rings. The SMILES string of the molecule is COc1ccc(C2CC(=O)c3c(cc(O)cc3O[C@@H]3OC(C)[C@H](O)C(O)C3O)O2)cc1O. The summed E-state index contributed by atoms with van der Waals surface area (Å²) in [5, 5.41) is 50.2. The van der Waals surface area contributed by atoms with E-state index in [4.69, 9.17) is 18.9 Å². The van der Waals surface area contributed by atoms with Crippen LogP contribution >= 0.6 is 0 Å². The number of carbonyl (C=O) groups excluding carboxylic acids is 1. The number of fused-ring (bicyclic) bond motifs is 1. The number of ether oxygens (including phenoxy) is 4. The Morgan fingerprint density at radius 1 is 1.00 bits per heavy atom. The Bertz CT molecular complexity index is 1020. The van der Waals surface area contributed by atoms with E-state index in [0.717, 1.165) is 0 Å². The lowest BCUT2D eigenvalue weighted by atomic mass is 9.95. The lowest BCUT2D eigenvalue weighted by molar-refractivity contribution is -0.268. The summed E-state index contributed by atoms with van der Waals surface area (Å²) in [7, 11) is 1.42. The van der Waals surface area contributed by atoms with Crippen molar-refractivity contribution in [3.8, 4) is 28.7 Å². The second-order valence-corrected chi connectivity index (χ2v) is 7.78. The first-order chi connectivity index (χ1) is 15.2. The fourth-order valence-corrected chi connectivity index (χ4v) is 3.83. The molecule has 0 spiro atoms. The van der Waals surface area contributed by atoms with Crippen LogP contribution in [-0.2, 0) is 4.74 Å². The molecule has 172 valence electrons. The third-order valence-electron chi connectivity index (χ3n) is 5.60. The standard InChI is InChI=1S/C22H24O10/c1-9-19(26)20(27)21(28)22(30-9)32-17-7-11(23)6-16-18(17)13(25)8-15(31-16)10-3-4-14(29-2)12(24)5-10/h3-7,9,15,19-24,26-28H,8H2,1-2H3/t9?,15?,19-,20?,21?,22-/m0/s1. The van der Waals surface area contributed by atoms with Gasteiger partial charge in [0.2, 0.25) is 6.29 Å². The van der Waals surface area contributed by atoms with Crippen molar-refractivity contribution in [2.45, 2.75) is 50.2 Å². The molecule has 5 N–H and O–H groups in total. The number of ketones is 1. The lowest BCUT2D eigenvalue weighted by Crippen LogP contribution is -2.58. The van der Waals surface area contributed by atoms with E-state index in [1.807, 2.05) is 0 Å². The molecule has 2 aliphatic heterocycles. The molecule has 0 bridgehead atoms. The predicted octanol–water partition coefficient (Wildman–Crippen LogP) is 1.02. The van der Waals surface area contributed by atoms with Gasteiger partial charge >= 0.3 is 0 Å². The van der Waals surface area contributed by atoms with E-state index in [2.05, 4.69) is 0 Å². The zero-order chi connectivity index (χ0) is 23.2. The fraction of sp³-hybridized carbons (Fsp3) is 0.409. The number of hydrogen-bond donors (Lipinski definition) is 5. The van der Waals surface area contributed by atoms with E-state index in [1.54, 1.807) is 12.1 Å². The summed E-state index contributed by atoms with van der Waals surface area (Å²) in [5.41, 5.74) is 0.575. The van der Waals surface area contributed by atoms with Crippen LogP contribution in [0.2, 0.25) is 0 Å². The summed E-state index contributed by atoms with van der Waals surface area (Å²) in [5.74, 6) is -0.497. The molecule has 6 atom stereocenters. The number of benzene rings is 2. The van der Waals surface area contributed by atoms with Gasteiger partial charge in [-0.2, -0.15) is 0 Å². The number of phenolic OH excluding ortho intramolecular Hbond substituents is 2. The molecule has 2 heterocycles. The van der Waals surface area contributed by atoms with Gasteiger partial charge in [-0.05, 0) is 24.6 Å². The summed E-state index contributed by atoms with van der Waals surface area (Å²) in [6.45, 7) is 1.50. The maximum atomic E-state index is 13.0. The van der Waals surface area contributed by atoms with Crippen LogP contribution in [0.1, 0.15) is 35.4 Å². The largest absolute Gasteiger partial charge is 0.508 e. The monoisotopic (exact) mass is 448 g/mol.